The molecule has 1 heterocycles. The van der Waals surface area contributed by atoms with E-state index in [1.807, 2.05) is 31.2 Å². The Bertz CT molecular complexity index is 1380. The predicted molar refractivity (Wildman–Crippen MR) is 141 cm³/mol. The van der Waals surface area contributed by atoms with Gasteiger partial charge in [0.1, 0.15) is 17.4 Å². The Hall–Kier alpha value is -3.97. The van der Waals surface area contributed by atoms with E-state index in [1.54, 1.807) is 31.4 Å². The zero-order valence-electron chi connectivity index (χ0n) is 20.6. The summed E-state index contributed by atoms with van der Waals surface area (Å²) in [6.45, 7) is 8.15. The van der Waals surface area contributed by atoms with Crippen LogP contribution in [0.5, 0.6) is 0 Å². The Morgan fingerprint density at radius 2 is 1.94 bits per heavy atom. The molecular formula is C29H30FN3O3. The molecule has 0 saturated heterocycles. The van der Waals surface area contributed by atoms with Crippen molar-refractivity contribution in [1.29, 1.82) is 0 Å². The van der Waals surface area contributed by atoms with Gasteiger partial charge in [-0.05, 0) is 41.8 Å². The Balaban J connectivity index is 1.78. The summed E-state index contributed by atoms with van der Waals surface area (Å²) in [4.78, 5) is 20.9. The van der Waals surface area contributed by atoms with Gasteiger partial charge in [0.05, 0.1) is 23.7 Å². The van der Waals surface area contributed by atoms with Gasteiger partial charge in [-0.3, -0.25) is 4.79 Å². The van der Waals surface area contributed by atoms with Crippen molar-refractivity contribution in [3.8, 4) is 22.5 Å². The second-order valence-electron chi connectivity index (χ2n) is 8.89. The number of aliphatic hydroxyl groups excluding tert-OH is 1. The van der Waals surface area contributed by atoms with Crippen molar-refractivity contribution in [2.75, 3.05) is 13.7 Å². The summed E-state index contributed by atoms with van der Waals surface area (Å²) in [6.07, 6.45) is 0.879. The number of methoxy groups -OCH3 is 1. The highest BCUT2D eigenvalue weighted by Gasteiger charge is 2.23. The molecule has 0 saturated carbocycles. The smallest absolute Gasteiger partial charge is 0.251 e. The van der Waals surface area contributed by atoms with E-state index in [-0.39, 0.29) is 34.8 Å². The lowest BCUT2D eigenvalue weighted by Gasteiger charge is -2.24. The van der Waals surface area contributed by atoms with Gasteiger partial charge in [0.25, 0.3) is 5.91 Å². The number of imidazole rings is 1. The highest BCUT2D eigenvalue weighted by atomic mass is 19.1. The first-order valence-electron chi connectivity index (χ1n) is 11.9. The van der Waals surface area contributed by atoms with Crippen LogP contribution in [0.15, 0.2) is 67.2 Å². The molecule has 1 amide bonds. The van der Waals surface area contributed by atoms with E-state index in [9.17, 15) is 9.90 Å². The van der Waals surface area contributed by atoms with Gasteiger partial charge in [0, 0.05) is 29.4 Å². The molecule has 2 unspecified atom stereocenters. The van der Waals surface area contributed by atoms with Gasteiger partial charge in [-0.2, -0.15) is 0 Å². The van der Waals surface area contributed by atoms with Crippen LogP contribution in [0, 0.1) is 11.7 Å². The monoisotopic (exact) mass is 487 g/mol. The summed E-state index contributed by atoms with van der Waals surface area (Å²) in [5.41, 5.74) is 3.37. The summed E-state index contributed by atoms with van der Waals surface area (Å²) in [6, 6.07) is 16.9. The maximum Gasteiger partial charge on any atom is 0.251 e. The molecule has 0 fully saturated rings. The van der Waals surface area contributed by atoms with E-state index in [2.05, 4.69) is 28.8 Å². The summed E-state index contributed by atoms with van der Waals surface area (Å²) in [5.74, 6) is -0.348. The van der Waals surface area contributed by atoms with E-state index in [1.165, 1.54) is 12.1 Å². The van der Waals surface area contributed by atoms with Gasteiger partial charge in [0.15, 0.2) is 0 Å². The van der Waals surface area contributed by atoms with Gasteiger partial charge in [-0.1, -0.05) is 57.2 Å². The second kappa shape index (κ2) is 10.7. The van der Waals surface area contributed by atoms with E-state index in [4.69, 9.17) is 4.74 Å². The number of hydrogen-bond donors (Lipinski definition) is 3. The number of ether oxygens (including phenoxy) is 1. The van der Waals surface area contributed by atoms with Gasteiger partial charge in [-0.25, -0.2) is 9.37 Å². The number of rotatable bonds is 9. The zero-order chi connectivity index (χ0) is 25.8. The lowest BCUT2D eigenvalue weighted by Crippen LogP contribution is -2.42. The van der Waals surface area contributed by atoms with Crippen LogP contribution in [-0.2, 0) is 4.74 Å². The lowest BCUT2D eigenvalue weighted by atomic mass is 9.92. The molecule has 0 aliphatic rings. The molecule has 7 heteroatoms. The molecule has 186 valence electrons. The van der Waals surface area contributed by atoms with Gasteiger partial charge in [-0.15, -0.1) is 0 Å². The number of carbonyl (C=O) groups is 1. The van der Waals surface area contributed by atoms with Crippen molar-refractivity contribution >= 4 is 22.7 Å². The van der Waals surface area contributed by atoms with Crippen LogP contribution in [0.25, 0.3) is 39.3 Å². The summed E-state index contributed by atoms with van der Waals surface area (Å²) < 4.78 is 20.6. The molecule has 0 spiro atoms. The fourth-order valence-corrected chi connectivity index (χ4v) is 4.28. The highest BCUT2D eigenvalue weighted by Crippen LogP contribution is 2.37. The molecule has 3 N–H and O–H groups in total. The predicted octanol–water partition coefficient (Wildman–Crippen LogP) is 6.36. The average molecular weight is 488 g/mol. The van der Waals surface area contributed by atoms with Gasteiger partial charge >= 0.3 is 0 Å². The topological polar surface area (TPSA) is 87.2 Å². The average Bonchev–Trinajstić information content (AvgIpc) is 3.31. The van der Waals surface area contributed by atoms with Crippen molar-refractivity contribution in [2.45, 2.75) is 26.3 Å². The van der Waals surface area contributed by atoms with Crippen molar-refractivity contribution in [3.63, 3.8) is 0 Å². The number of H-pyrrole nitrogens is 1. The molecule has 2 atom stereocenters. The van der Waals surface area contributed by atoms with E-state index < -0.39 is 5.82 Å². The third-order valence-electron chi connectivity index (χ3n) is 6.51. The molecule has 4 rings (SSSR count). The first kappa shape index (κ1) is 25.1. The first-order valence-corrected chi connectivity index (χ1v) is 11.9. The van der Waals surface area contributed by atoms with Crippen LogP contribution >= 0.6 is 0 Å². The lowest BCUT2D eigenvalue weighted by molar-refractivity contribution is 0.0858. The summed E-state index contributed by atoms with van der Waals surface area (Å²) in [7, 11) is 1.60. The fraction of sp³-hybridized carbons (Fsp3) is 0.241. The van der Waals surface area contributed by atoms with Crippen molar-refractivity contribution in [1.82, 2.24) is 15.3 Å². The number of halogens is 1. The number of para-hydroxylation sites is 2. The molecule has 3 aromatic carbocycles. The number of aromatic nitrogens is 2. The normalized spacial score (nSPS) is 12.9. The van der Waals surface area contributed by atoms with Crippen molar-refractivity contribution in [2.24, 2.45) is 5.92 Å². The summed E-state index contributed by atoms with van der Waals surface area (Å²) in [5, 5.41) is 13.4. The second-order valence-corrected chi connectivity index (χ2v) is 8.89. The number of aromatic amines is 1. The Labute approximate surface area is 209 Å². The Morgan fingerprint density at radius 3 is 2.64 bits per heavy atom. The quantitative estimate of drug-likeness (QED) is 0.240. The zero-order valence-corrected chi connectivity index (χ0v) is 20.6. The third kappa shape index (κ3) is 5.02. The maximum absolute atomic E-state index is 15.3. The molecule has 4 aromatic rings. The van der Waals surface area contributed by atoms with E-state index in [0.29, 0.717) is 29.1 Å². The fourth-order valence-electron chi connectivity index (χ4n) is 4.28. The van der Waals surface area contributed by atoms with Gasteiger partial charge < -0.3 is 20.1 Å². The van der Waals surface area contributed by atoms with Crippen LogP contribution in [0.3, 0.4) is 0 Å². The molecule has 0 aliphatic carbocycles. The Morgan fingerprint density at radius 1 is 1.17 bits per heavy atom. The van der Waals surface area contributed by atoms with Gasteiger partial charge in [0.2, 0.25) is 0 Å². The van der Waals surface area contributed by atoms with Crippen molar-refractivity contribution in [3.05, 3.63) is 84.2 Å². The first-order chi connectivity index (χ1) is 17.3. The Kier molecular flexibility index (Phi) is 7.50. The van der Waals surface area contributed by atoms with Crippen LogP contribution in [0.4, 0.5) is 4.39 Å². The van der Waals surface area contributed by atoms with Crippen molar-refractivity contribution < 1.29 is 19.0 Å². The number of aliphatic hydroxyl groups is 1. The van der Waals surface area contributed by atoms with Crippen LogP contribution in [0.2, 0.25) is 0 Å². The minimum absolute atomic E-state index is 0.167. The highest BCUT2D eigenvalue weighted by molar-refractivity contribution is 5.97. The molecule has 0 radical (unpaired) electrons. The number of benzene rings is 3. The minimum atomic E-state index is -0.482. The van der Waals surface area contributed by atoms with Crippen LogP contribution in [0.1, 0.15) is 36.2 Å². The number of fused-ring (bicyclic) bond motifs is 1. The summed E-state index contributed by atoms with van der Waals surface area (Å²) >= 11 is 0. The third-order valence-corrected chi connectivity index (χ3v) is 6.51. The van der Waals surface area contributed by atoms with E-state index >= 15 is 4.39 Å². The molecular weight excluding hydrogens is 457 g/mol. The largest absolute Gasteiger partial charge is 0.508 e. The maximum atomic E-state index is 15.3. The standard InChI is InChI=1S/C29H30FN3O3/c1-5-17(2)26(16-36-4)33-29(35)19-13-14-20(22(15-19)18(3)34)27-21(9-8-10-23(27)30)28-31-24-11-6-7-12-25(24)32-28/h6-15,17,26,34H,3,5,16H2,1-2,4H3,(H,31,32)(H,33,35). The van der Waals surface area contributed by atoms with Crippen LogP contribution < -0.4 is 5.32 Å². The number of nitrogens with one attached hydrogen (secondary N) is 2. The molecule has 0 aliphatic heterocycles. The number of carbonyl (C=O) groups excluding carboxylic acids is 1. The van der Waals surface area contributed by atoms with E-state index in [0.717, 1.165) is 17.5 Å². The molecule has 0 bridgehead atoms. The molecule has 36 heavy (non-hydrogen) atoms. The molecule has 1 aromatic heterocycles. The number of hydrogen-bond acceptors (Lipinski definition) is 4. The number of nitrogens with zero attached hydrogens (tertiary/aromatic N) is 1. The molecule has 6 nitrogen and oxygen atoms in total. The van der Waals surface area contributed by atoms with Crippen LogP contribution in [-0.4, -0.2) is 40.7 Å². The SMILES string of the molecule is C=C(O)c1cc(C(=O)NC(COC)C(C)CC)ccc1-c1c(F)cccc1-c1nc2ccccc2[nH]1. The minimum Gasteiger partial charge on any atom is -0.508 e. The number of amides is 1.